The molecule has 0 saturated heterocycles. The molecule has 1 fully saturated rings. The molecule has 1 heterocycles. The number of aromatic nitrogens is 2. The Balaban J connectivity index is 0.00000155. The summed E-state index contributed by atoms with van der Waals surface area (Å²) in [5.74, 6) is -1.26. The molecule has 162 valence electrons. The monoisotopic (exact) mass is 443 g/mol. The maximum absolute atomic E-state index is 13.3. The first kappa shape index (κ1) is 23.4. The molecule has 1 aromatic heterocycles. The van der Waals surface area contributed by atoms with Crippen molar-refractivity contribution in [1.82, 2.24) is 10.1 Å². The van der Waals surface area contributed by atoms with Gasteiger partial charge in [0.1, 0.15) is 18.1 Å². The van der Waals surface area contributed by atoms with Crippen molar-refractivity contribution in [3.05, 3.63) is 52.4 Å². The zero-order chi connectivity index (χ0) is 22.5. The number of rotatable bonds is 7. The van der Waals surface area contributed by atoms with Gasteiger partial charge in [0.05, 0.1) is 11.1 Å². The van der Waals surface area contributed by atoms with Gasteiger partial charge in [-0.1, -0.05) is 36.7 Å². The van der Waals surface area contributed by atoms with Crippen LogP contribution in [0.25, 0.3) is 5.70 Å². The van der Waals surface area contributed by atoms with E-state index in [9.17, 15) is 18.0 Å². The second-order valence-electron chi connectivity index (χ2n) is 6.24. The minimum absolute atomic E-state index is 0.188. The third-order valence-electron chi connectivity index (χ3n) is 4.24. The van der Waals surface area contributed by atoms with Gasteiger partial charge in [-0.15, -0.1) is 0 Å². The number of carbonyl (C=O) groups is 1. The van der Waals surface area contributed by atoms with Gasteiger partial charge in [0, 0.05) is 5.02 Å². The zero-order valence-corrected chi connectivity index (χ0v) is 17.1. The van der Waals surface area contributed by atoms with Crippen LogP contribution in [0.15, 0.2) is 33.8 Å². The fraction of sp³-hybridized carbons (Fsp3) is 0.368. The molecule has 1 aliphatic rings. The fourth-order valence-electron chi connectivity index (χ4n) is 2.72. The molecule has 7 nitrogen and oxygen atoms in total. The Morgan fingerprint density at radius 3 is 2.57 bits per heavy atom. The first-order chi connectivity index (χ1) is 14.2. The minimum atomic E-state index is -2.98. The van der Waals surface area contributed by atoms with E-state index in [2.05, 4.69) is 15.1 Å². The molecule has 1 saturated carbocycles. The highest BCUT2D eigenvalue weighted by Gasteiger charge is 2.51. The Kier molecular flexibility index (Phi) is 7.60. The SMILES string of the molecule is CC.NC(=O)CN=C(/C=C(\N)c1nc(C2(c3ccc(F)cc3Cl)CC2)no1)C(F)F. The molecule has 0 spiro atoms. The highest BCUT2D eigenvalue weighted by atomic mass is 35.5. The summed E-state index contributed by atoms with van der Waals surface area (Å²) in [5, 5.41) is 4.10. The zero-order valence-electron chi connectivity index (χ0n) is 16.3. The van der Waals surface area contributed by atoms with Crippen LogP contribution in [-0.4, -0.2) is 34.7 Å². The van der Waals surface area contributed by atoms with Crippen LogP contribution in [-0.2, 0) is 10.2 Å². The van der Waals surface area contributed by atoms with Gasteiger partial charge in [-0.05, 0) is 36.6 Å². The van der Waals surface area contributed by atoms with Crippen molar-refractivity contribution >= 4 is 28.9 Å². The van der Waals surface area contributed by atoms with Crippen LogP contribution < -0.4 is 11.5 Å². The molecule has 1 amide bonds. The van der Waals surface area contributed by atoms with Crippen LogP contribution >= 0.6 is 11.6 Å². The van der Waals surface area contributed by atoms with E-state index in [1.807, 2.05) is 13.8 Å². The lowest BCUT2D eigenvalue weighted by Gasteiger charge is -2.12. The van der Waals surface area contributed by atoms with Gasteiger partial charge in [-0.25, -0.2) is 13.2 Å². The molecular formula is C19H21ClF3N5O2. The standard InChI is InChI=1S/C17H15ClF3N5O2.C2H6/c18-10-5-8(19)1-2-9(10)17(3-4-17)16-25-15(28-26-16)11(22)6-12(14(20)21)24-7-13(23)27;1-2/h1-2,5-6,14H,3-4,7,22H2,(H2,23,27);1-2H3/b11-6-,24-12?;. The molecule has 0 atom stereocenters. The Labute approximate surface area is 176 Å². The van der Waals surface area contributed by atoms with E-state index in [0.29, 0.717) is 18.4 Å². The maximum atomic E-state index is 13.3. The van der Waals surface area contributed by atoms with Gasteiger partial charge >= 0.3 is 0 Å². The van der Waals surface area contributed by atoms with Crippen molar-refractivity contribution in [2.75, 3.05) is 6.54 Å². The van der Waals surface area contributed by atoms with Crippen molar-refractivity contribution in [2.24, 2.45) is 16.5 Å². The fourth-order valence-corrected chi connectivity index (χ4v) is 3.07. The van der Waals surface area contributed by atoms with Gasteiger partial charge in [-0.2, -0.15) is 4.98 Å². The van der Waals surface area contributed by atoms with Crippen LogP contribution in [0.3, 0.4) is 0 Å². The Bertz CT molecular complexity index is 971. The second-order valence-corrected chi connectivity index (χ2v) is 6.64. The van der Waals surface area contributed by atoms with Crippen molar-refractivity contribution in [2.45, 2.75) is 38.5 Å². The molecule has 0 radical (unpaired) electrons. The molecule has 4 N–H and O–H groups in total. The summed E-state index contributed by atoms with van der Waals surface area (Å²) >= 11 is 6.14. The minimum Gasteiger partial charge on any atom is -0.394 e. The molecule has 1 aromatic carbocycles. The predicted molar refractivity (Wildman–Crippen MR) is 107 cm³/mol. The van der Waals surface area contributed by atoms with E-state index in [4.69, 9.17) is 27.6 Å². The van der Waals surface area contributed by atoms with Crippen molar-refractivity contribution in [3.8, 4) is 0 Å². The number of carbonyl (C=O) groups excluding carboxylic acids is 1. The summed E-state index contributed by atoms with van der Waals surface area (Å²) < 4.78 is 44.5. The van der Waals surface area contributed by atoms with Crippen LogP contribution in [0, 0.1) is 5.82 Å². The van der Waals surface area contributed by atoms with Crippen molar-refractivity contribution < 1.29 is 22.5 Å². The predicted octanol–water partition coefficient (Wildman–Crippen LogP) is 3.46. The van der Waals surface area contributed by atoms with E-state index in [-0.39, 0.29) is 22.4 Å². The van der Waals surface area contributed by atoms with E-state index in [0.717, 1.165) is 6.08 Å². The first-order valence-electron chi connectivity index (χ1n) is 9.11. The average Bonchev–Trinajstić information content (AvgIpc) is 3.33. The molecule has 0 aliphatic heterocycles. The van der Waals surface area contributed by atoms with Crippen LogP contribution in [0.2, 0.25) is 5.02 Å². The Hall–Kier alpha value is -2.88. The largest absolute Gasteiger partial charge is 0.394 e. The number of nitrogens with two attached hydrogens (primary N) is 2. The number of hydrogen-bond acceptors (Lipinski definition) is 6. The Morgan fingerprint density at radius 2 is 2.03 bits per heavy atom. The number of primary amides is 1. The normalized spacial score (nSPS) is 15.6. The molecule has 0 unspecified atom stereocenters. The highest BCUT2D eigenvalue weighted by molar-refractivity contribution is 6.31. The molecule has 3 rings (SSSR count). The maximum Gasteiger partial charge on any atom is 0.280 e. The number of amides is 1. The summed E-state index contributed by atoms with van der Waals surface area (Å²) in [4.78, 5) is 18.3. The van der Waals surface area contributed by atoms with E-state index >= 15 is 0 Å². The number of benzene rings is 1. The lowest BCUT2D eigenvalue weighted by molar-refractivity contribution is -0.116. The number of hydrogen-bond donors (Lipinski definition) is 2. The summed E-state index contributed by atoms with van der Waals surface area (Å²) in [6.07, 6.45) is -0.824. The summed E-state index contributed by atoms with van der Waals surface area (Å²) in [6.45, 7) is 3.39. The smallest absolute Gasteiger partial charge is 0.280 e. The van der Waals surface area contributed by atoms with E-state index < -0.39 is 35.8 Å². The summed E-state index contributed by atoms with van der Waals surface area (Å²) in [5.41, 5.74) is 9.68. The van der Waals surface area contributed by atoms with Crippen LogP contribution in [0.4, 0.5) is 13.2 Å². The van der Waals surface area contributed by atoms with Gasteiger partial charge in [0.25, 0.3) is 12.3 Å². The number of nitrogens with zero attached hydrogens (tertiary/aromatic N) is 3. The number of alkyl halides is 2. The molecule has 1 aliphatic carbocycles. The van der Waals surface area contributed by atoms with E-state index in [1.165, 1.54) is 12.1 Å². The first-order valence-corrected chi connectivity index (χ1v) is 9.49. The van der Waals surface area contributed by atoms with Gasteiger partial charge in [-0.3, -0.25) is 9.79 Å². The number of allylic oxidation sites excluding steroid dienone is 1. The average molecular weight is 444 g/mol. The second kappa shape index (κ2) is 9.75. The molecule has 11 heteroatoms. The topological polar surface area (TPSA) is 120 Å². The van der Waals surface area contributed by atoms with Crippen LogP contribution in [0.5, 0.6) is 0 Å². The molecule has 30 heavy (non-hydrogen) atoms. The summed E-state index contributed by atoms with van der Waals surface area (Å²) in [7, 11) is 0. The van der Waals surface area contributed by atoms with Gasteiger partial charge in [0.15, 0.2) is 5.82 Å². The summed E-state index contributed by atoms with van der Waals surface area (Å²) in [6, 6.07) is 4.02. The molecule has 2 aromatic rings. The van der Waals surface area contributed by atoms with Crippen molar-refractivity contribution in [3.63, 3.8) is 0 Å². The van der Waals surface area contributed by atoms with E-state index in [1.54, 1.807) is 6.07 Å². The Morgan fingerprint density at radius 1 is 1.37 bits per heavy atom. The van der Waals surface area contributed by atoms with Crippen molar-refractivity contribution in [1.29, 1.82) is 0 Å². The molecule has 0 bridgehead atoms. The number of aliphatic imine (C=N–C) groups is 1. The van der Waals surface area contributed by atoms with Crippen LogP contribution in [0.1, 0.15) is 44.0 Å². The third kappa shape index (κ3) is 5.18. The van der Waals surface area contributed by atoms with Gasteiger partial charge in [0.2, 0.25) is 5.91 Å². The third-order valence-corrected chi connectivity index (χ3v) is 4.55. The highest BCUT2D eigenvalue weighted by Crippen LogP contribution is 2.54. The lowest BCUT2D eigenvalue weighted by Crippen LogP contribution is -2.18. The quantitative estimate of drug-likeness (QED) is 0.635. The number of halogens is 4. The van der Waals surface area contributed by atoms with Gasteiger partial charge < -0.3 is 16.0 Å². The molecular weight excluding hydrogens is 423 g/mol. The lowest BCUT2D eigenvalue weighted by atomic mass is 9.95.